The Kier molecular flexibility index (Phi) is 11.2. The summed E-state index contributed by atoms with van der Waals surface area (Å²) in [6.45, 7) is 0. The molecule has 0 heterocycles. The summed E-state index contributed by atoms with van der Waals surface area (Å²) in [5, 5.41) is 0. The van der Waals surface area contributed by atoms with E-state index in [1.807, 2.05) is 0 Å². The minimum absolute atomic E-state index is 0. The van der Waals surface area contributed by atoms with Crippen molar-refractivity contribution in [3.8, 4) is 0 Å². The first-order valence-electron chi connectivity index (χ1n) is 1.73. The van der Waals surface area contributed by atoms with Crippen molar-refractivity contribution in [3.05, 3.63) is 0 Å². The summed E-state index contributed by atoms with van der Waals surface area (Å²) >= 11 is 0. The Morgan fingerprint density at radius 3 is 0.727 bits per heavy atom. The smallest absolute Gasteiger partial charge is 0.861 e. The van der Waals surface area contributed by atoms with Crippen molar-refractivity contribution in [3.63, 3.8) is 0 Å². The van der Waals surface area contributed by atoms with Gasteiger partial charge >= 0.3 is 44.6 Å². The van der Waals surface area contributed by atoms with Crippen molar-refractivity contribution in [2.45, 2.75) is 0 Å². The molecule has 11 heavy (non-hydrogen) atoms. The van der Waals surface area contributed by atoms with Crippen LogP contribution in [0.2, 0.25) is 0 Å². The fraction of sp³-hybridized carbons (Fsp3) is 0. The van der Waals surface area contributed by atoms with E-state index in [-0.39, 0.29) is 35.6 Å². The van der Waals surface area contributed by atoms with Crippen molar-refractivity contribution in [2.75, 3.05) is 0 Å². The molecule has 0 aromatic rings. The van der Waals surface area contributed by atoms with Crippen LogP contribution in [0.3, 0.4) is 0 Å². The van der Waals surface area contributed by atoms with Crippen LogP contribution in [0.15, 0.2) is 0 Å². The van der Waals surface area contributed by atoms with Gasteiger partial charge in [0.25, 0.3) is 0 Å². The third-order valence-electron chi connectivity index (χ3n) is 0. The van der Waals surface area contributed by atoms with E-state index in [0.29, 0.717) is 0 Å². The van der Waals surface area contributed by atoms with Gasteiger partial charge in [0.1, 0.15) is 0 Å². The monoisotopic (exact) mass is 328 g/mol. The van der Waals surface area contributed by atoms with E-state index in [2.05, 4.69) is 0 Å². The van der Waals surface area contributed by atoms with Gasteiger partial charge in [-0.25, -0.2) is 0 Å². The number of hydrogen-bond acceptors (Lipinski definition) is 8. The van der Waals surface area contributed by atoms with E-state index in [9.17, 15) is 0 Å². The molecule has 0 aliphatic heterocycles. The SMILES string of the molecule is O[Si](O)(O)O.[La+3].[O-][Si]([O-])([O-])O. The maximum Gasteiger partial charge on any atom is 3.00 e. The Bertz CT molecular complexity index is 55.1. The Hall–Kier alpha value is 1.31. The summed E-state index contributed by atoms with van der Waals surface area (Å²) in [7, 11) is -9.97. The van der Waals surface area contributed by atoms with Crippen molar-refractivity contribution < 1.29 is 74.0 Å². The standard InChI is InChI=1S/La.H4O4Si.HO4Si/c;2*1-5(2,3)4/h;1-4H;1H/q+3;;-3. The van der Waals surface area contributed by atoms with E-state index in [1.165, 1.54) is 0 Å². The minimum atomic E-state index is -5.36. The average molecular weight is 328 g/mol. The summed E-state index contributed by atoms with van der Waals surface area (Å²) in [6.07, 6.45) is 0. The third-order valence-corrected chi connectivity index (χ3v) is 0. The molecular weight excluding hydrogens is 323 g/mol. The van der Waals surface area contributed by atoms with E-state index < -0.39 is 18.1 Å². The summed E-state index contributed by atoms with van der Waals surface area (Å²) in [6, 6.07) is 0. The number of hydrogen-bond donors (Lipinski definition) is 5. The Balaban J connectivity index is -0.000000107. The van der Waals surface area contributed by atoms with Gasteiger partial charge in [-0.3, -0.25) is 0 Å². The molecule has 0 rings (SSSR count). The third kappa shape index (κ3) is 572. The fourth-order valence-electron chi connectivity index (χ4n) is 0. The normalized spacial score (nSPS) is 10.9. The van der Waals surface area contributed by atoms with Gasteiger partial charge in [-0.1, -0.05) is 0 Å². The van der Waals surface area contributed by atoms with Gasteiger partial charge in [-0.2, -0.15) is 0 Å². The molecule has 0 fully saturated rings. The van der Waals surface area contributed by atoms with Crippen LogP contribution in [0.5, 0.6) is 0 Å². The molecule has 8 nitrogen and oxygen atoms in total. The van der Waals surface area contributed by atoms with Crippen molar-refractivity contribution in [1.82, 2.24) is 0 Å². The maximum absolute atomic E-state index is 8.69. The quantitative estimate of drug-likeness (QED) is 0.273. The van der Waals surface area contributed by atoms with Crippen LogP contribution in [0.1, 0.15) is 0 Å². The van der Waals surface area contributed by atoms with Gasteiger partial charge in [0.2, 0.25) is 0 Å². The Morgan fingerprint density at radius 2 is 0.727 bits per heavy atom. The number of rotatable bonds is 0. The molecule has 11 heteroatoms. The summed E-state index contributed by atoms with van der Waals surface area (Å²) in [5.41, 5.74) is 0. The molecule has 0 aromatic heterocycles. The second kappa shape index (κ2) is 6.78. The summed E-state index contributed by atoms with van der Waals surface area (Å²) < 4.78 is 0. The van der Waals surface area contributed by atoms with E-state index >= 15 is 0 Å². The topological polar surface area (TPSA) is 170 Å². The first-order valence-corrected chi connectivity index (χ1v) is 5.19. The molecule has 0 bridgehead atoms. The first kappa shape index (κ1) is 18.2. The Morgan fingerprint density at radius 1 is 0.727 bits per heavy atom. The largest absolute Gasteiger partial charge is 3.00 e. The van der Waals surface area contributed by atoms with Crippen LogP contribution in [0, 0.1) is 35.6 Å². The fourth-order valence-corrected chi connectivity index (χ4v) is 0. The zero-order valence-electron chi connectivity index (χ0n) is 5.04. The first-order chi connectivity index (χ1) is 4.00. The second-order valence-corrected chi connectivity index (χ2v) is 3.37. The van der Waals surface area contributed by atoms with E-state index in [0.717, 1.165) is 0 Å². The average Bonchev–Trinajstić information content (AvgIpc) is 1.12. The molecule has 64 valence electrons. The van der Waals surface area contributed by atoms with Crippen LogP contribution in [-0.2, 0) is 0 Å². The molecule has 0 unspecified atom stereocenters. The molecular formula is H5LaO8Si2. The predicted octanol–water partition coefficient (Wildman–Crippen LogP) is -7.11. The molecule has 0 aliphatic rings. The summed E-state index contributed by atoms with van der Waals surface area (Å²) in [4.78, 5) is 62.4. The van der Waals surface area contributed by atoms with Gasteiger partial charge in [-0.05, 0) is 0 Å². The molecule has 0 aromatic carbocycles. The van der Waals surface area contributed by atoms with Crippen LogP contribution in [0.4, 0.5) is 0 Å². The van der Waals surface area contributed by atoms with E-state index in [1.54, 1.807) is 0 Å². The van der Waals surface area contributed by atoms with Gasteiger partial charge < -0.3 is 38.4 Å². The second-order valence-electron chi connectivity index (χ2n) is 1.12. The van der Waals surface area contributed by atoms with Crippen LogP contribution in [-0.4, -0.2) is 42.1 Å². The van der Waals surface area contributed by atoms with E-state index in [4.69, 9.17) is 38.4 Å². The molecule has 0 radical (unpaired) electrons. The molecule has 5 N–H and O–H groups in total. The molecule has 0 saturated heterocycles. The zero-order chi connectivity index (χ0) is 9.00. The van der Waals surface area contributed by atoms with Gasteiger partial charge in [0, 0.05) is 0 Å². The molecule has 0 amide bonds. The van der Waals surface area contributed by atoms with Crippen molar-refractivity contribution in [2.24, 2.45) is 0 Å². The molecule has 0 atom stereocenters. The molecule has 0 aliphatic carbocycles. The molecule has 0 saturated carbocycles. The zero-order valence-corrected chi connectivity index (χ0v) is 10.7. The van der Waals surface area contributed by atoms with Crippen molar-refractivity contribution in [1.29, 1.82) is 0 Å². The molecule has 0 spiro atoms. The maximum atomic E-state index is 8.69. The van der Waals surface area contributed by atoms with Gasteiger partial charge in [-0.15, -0.1) is 9.05 Å². The van der Waals surface area contributed by atoms with Crippen molar-refractivity contribution >= 4 is 18.1 Å². The van der Waals surface area contributed by atoms with Crippen LogP contribution >= 0.6 is 0 Å². The van der Waals surface area contributed by atoms with Crippen LogP contribution in [0.25, 0.3) is 0 Å². The van der Waals surface area contributed by atoms with Gasteiger partial charge in [0.05, 0.1) is 0 Å². The van der Waals surface area contributed by atoms with Crippen LogP contribution < -0.4 is 14.4 Å². The predicted molar refractivity (Wildman–Crippen MR) is 22.6 cm³/mol. The minimum Gasteiger partial charge on any atom is -0.861 e. The van der Waals surface area contributed by atoms with Gasteiger partial charge in [0.15, 0.2) is 0 Å². The Labute approximate surface area is 91.6 Å². The summed E-state index contributed by atoms with van der Waals surface area (Å²) in [5.74, 6) is 0.